The first-order valence-corrected chi connectivity index (χ1v) is 6.79. The molecule has 1 aromatic heterocycles. The molecule has 0 fully saturated rings. The maximum absolute atomic E-state index is 9.29. The number of para-hydroxylation sites is 1. The lowest BCUT2D eigenvalue weighted by Gasteiger charge is -2.15. The van der Waals surface area contributed by atoms with Crippen LogP contribution in [0, 0.1) is 11.3 Å². The molecule has 0 N–H and O–H groups in total. The molecule has 0 spiro atoms. The van der Waals surface area contributed by atoms with Crippen molar-refractivity contribution in [2.24, 2.45) is 0 Å². The molecule has 0 aliphatic heterocycles. The normalized spacial score (nSPS) is 11.8. The van der Waals surface area contributed by atoms with Crippen molar-refractivity contribution in [3.05, 3.63) is 71.8 Å². The minimum atomic E-state index is -0.160. The largest absolute Gasteiger partial charge is 0.469 e. The summed E-state index contributed by atoms with van der Waals surface area (Å²) in [6.45, 7) is 1.95. The van der Waals surface area contributed by atoms with Gasteiger partial charge in [0.1, 0.15) is 17.7 Å². The zero-order chi connectivity index (χ0) is 14.7. The minimum Gasteiger partial charge on any atom is -0.469 e. The van der Waals surface area contributed by atoms with E-state index in [-0.39, 0.29) is 6.10 Å². The van der Waals surface area contributed by atoms with Gasteiger partial charge in [-0.25, -0.2) is 4.98 Å². The van der Waals surface area contributed by atoms with Gasteiger partial charge in [-0.2, -0.15) is 5.26 Å². The summed E-state index contributed by atoms with van der Waals surface area (Å²) < 4.78 is 5.90. The zero-order valence-electron chi connectivity index (χ0n) is 11.7. The SMILES string of the molecule is CC(Oc1nc2ccccc2cc1C#N)c1ccccc1. The van der Waals surface area contributed by atoms with Gasteiger partial charge in [0, 0.05) is 5.39 Å². The Morgan fingerprint density at radius 2 is 1.76 bits per heavy atom. The van der Waals surface area contributed by atoms with Crippen LogP contribution in [-0.4, -0.2) is 4.98 Å². The standard InChI is InChI=1S/C18H14N2O/c1-13(14-7-3-2-4-8-14)21-18-16(12-19)11-15-9-5-6-10-17(15)20-18/h2-11,13H,1H3. The van der Waals surface area contributed by atoms with Gasteiger partial charge in [-0.05, 0) is 24.6 Å². The van der Waals surface area contributed by atoms with Crippen LogP contribution in [0.1, 0.15) is 24.2 Å². The van der Waals surface area contributed by atoms with Crippen LogP contribution in [0.4, 0.5) is 0 Å². The molecule has 0 aliphatic rings. The Kier molecular flexibility index (Phi) is 3.53. The fraction of sp³-hybridized carbons (Fsp3) is 0.111. The van der Waals surface area contributed by atoms with Gasteiger partial charge in [0.25, 0.3) is 0 Å². The van der Waals surface area contributed by atoms with Crippen LogP contribution in [0.3, 0.4) is 0 Å². The first kappa shape index (κ1) is 13.1. The van der Waals surface area contributed by atoms with Gasteiger partial charge in [0.15, 0.2) is 0 Å². The van der Waals surface area contributed by atoms with Gasteiger partial charge < -0.3 is 4.74 Å². The van der Waals surface area contributed by atoms with Crippen LogP contribution in [0.5, 0.6) is 5.88 Å². The summed E-state index contributed by atoms with van der Waals surface area (Å²) in [4.78, 5) is 4.47. The second-order valence-electron chi connectivity index (χ2n) is 4.82. The molecular weight excluding hydrogens is 260 g/mol. The number of nitriles is 1. The van der Waals surface area contributed by atoms with Crippen molar-refractivity contribution in [2.45, 2.75) is 13.0 Å². The first-order valence-electron chi connectivity index (χ1n) is 6.79. The quantitative estimate of drug-likeness (QED) is 0.717. The molecule has 102 valence electrons. The molecule has 1 atom stereocenters. The third-order valence-corrected chi connectivity index (χ3v) is 3.37. The van der Waals surface area contributed by atoms with Crippen LogP contribution in [0.2, 0.25) is 0 Å². The Bertz CT molecular complexity index is 806. The van der Waals surface area contributed by atoms with Crippen molar-refractivity contribution in [3.8, 4) is 11.9 Å². The third kappa shape index (κ3) is 2.70. The van der Waals surface area contributed by atoms with E-state index in [9.17, 15) is 5.26 Å². The van der Waals surface area contributed by atoms with Crippen LogP contribution in [0.15, 0.2) is 60.7 Å². The van der Waals surface area contributed by atoms with Gasteiger partial charge in [0.05, 0.1) is 5.52 Å². The summed E-state index contributed by atoms with van der Waals surface area (Å²) >= 11 is 0. The topological polar surface area (TPSA) is 45.9 Å². The van der Waals surface area contributed by atoms with Gasteiger partial charge in [-0.15, -0.1) is 0 Å². The predicted molar refractivity (Wildman–Crippen MR) is 81.9 cm³/mol. The highest BCUT2D eigenvalue weighted by Crippen LogP contribution is 2.26. The number of rotatable bonds is 3. The summed E-state index contributed by atoms with van der Waals surface area (Å²) in [7, 11) is 0. The molecule has 0 saturated carbocycles. The number of ether oxygens (including phenoxy) is 1. The molecule has 1 unspecified atom stereocenters. The highest BCUT2D eigenvalue weighted by atomic mass is 16.5. The number of benzene rings is 2. The first-order chi connectivity index (χ1) is 10.3. The van der Waals surface area contributed by atoms with Crippen molar-refractivity contribution in [3.63, 3.8) is 0 Å². The number of pyridine rings is 1. The fourth-order valence-corrected chi connectivity index (χ4v) is 2.23. The molecule has 0 radical (unpaired) electrons. The van der Waals surface area contributed by atoms with Crippen molar-refractivity contribution in [1.29, 1.82) is 5.26 Å². The monoisotopic (exact) mass is 274 g/mol. The lowest BCUT2D eigenvalue weighted by atomic mass is 10.1. The van der Waals surface area contributed by atoms with Crippen LogP contribution in [0.25, 0.3) is 10.9 Å². The van der Waals surface area contributed by atoms with E-state index >= 15 is 0 Å². The van der Waals surface area contributed by atoms with Crippen LogP contribution >= 0.6 is 0 Å². The highest BCUT2D eigenvalue weighted by Gasteiger charge is 2.12. The Morgan fingerprint density at radius 3 is 2.52 bits per heavy atom. The van der Waals surface area contributed by atoms with Crippen LogP contribution in [-0.2, 0) is 0 Å². The van der Waals surface area contributed by atoms with Crippen molar-refractivity contribution in [1.82, 2.24) is 4.98 Å². The minimum absolute atomic E-state index is 0.160. The molecule has 1 heterocycles. The molecule has 0 bridgehead atoms. The number of nitrogens with zero attached hydrogens (tertiary/aromatic N) is 2. The van der Waals surface area contributed by atoms with Crippen molar-refractivity contribution >= 4 is 10.9 Å². The lowest BCUT2D eigenvalue weighted by molar-refractivity contribution is 0.217. The summed E-state index contributed by atoms with van der Waals surface area (Å²) in [5.74, 6) is 0.382. The lowest BCUT2D eigenvalue weighted by Crippen LogP contribution is -2.05. The molecule has 3 heteroatoms. The second kappa shape index (κ2) is 5.64. The second-order valence-corrected chi connectivity index (χ2v) is 4.82. The molecule has 0 aliphatic carbocycles. The maximum atomic E-state index is 9.29. The summed E-state index contributed by atoms with van der Waals surface area (Å²) in [5, 5.41) is 10.2. The Balaban J connectivity index is 1.98. The predicted octanol–water partition coefficient (Wildman–Crippen LogP) is 4.25. The fourth-order valence-electron chi connectivity index (χ4n) is 2.23. The third-order valence-electron chi connectivity index (χ3n) is 3.37. The average molecular weight is 274 g/mol. The molecule has 3 aromatic rings. The van der Waals surface area contributed by atoms with Crippen molar-refractivity contribution < 1.29 is 4.74 Å². The van der Waals surface area contributed by atoms with E-state index in [0.29, 0.717) is 11.4 Å². The van der Waals surface area contributed by atoms with E-state index in [1.807, 2.05) is 67.6 Å². The van der Waals surface area contributed by atoms with Gasteiger partial charge >= 0.3 is 0 Å². The number of hydrogen-bond acceptors (Lipinski definition) is 3. The van der Waals surface area contributed by atoms with Crippen molar-refractivity contribution in [2.75, 3.05) is 0 Å². The number of hydrogen-bond donors (Lipinski definition) is 0. The van der Waals surface area contributed by atoms with E-state index in [0.717, 1.165) is 16.5 Å². The van der Waals surface area contributed by atoms with Gasteiger partial charge in [-0.1, -0.05) is 48.5 Å². The van der Waals surface area contributed by atoms with Gasteiger partial charge in [-0.3, -0.25) is 0 Å². The van der Waals surface area contributed by atoms with E-state index < -0.39 is 0 Å². The molecule has 3 nitrogen and oxygen atoms in total. The highest BCUT2D eigenvalue weighted by molar-refractivity contribution is 5.80. The molecule has 21 heavy (non-hydrogen) atoms. The van der Waals surface area contributed by atoms with Crippen LogP contribution < -0.4 is 4.74 Å². The Morgan fingerprint density at radius 1 is 1.05 bits per heavy atom. The number of aromatic nitrogens is 1. The molecule has 3 rings (SSSR count). The van der Waals surface area contributed by atoms with E-state index in [2.05, 4.69) is 11.1 Å². The Hall–Kier alpha value is -2.86. The zero-order valence-corrected chi connectivity index (χ0v) is 11.7. The number of fused-ring (bicyclic) bond motifs is 1. The van der Waals surface area contributed by atoms with Gasteiger partial charge in [0.2, 0.25) is 5.88 Å². The van der Waals surface area contributed by atoms with E-state index in [4.69, 9.17) is 4.74 Å². The maximum Gasteiger partial charge on any atom is 0.232 e. The van der Waals surface area contributed by atoms with E-state index in [1.54, 1.807) is 0 Å². The molecule has 0 amide bonds. The Labute approximate surface area is 123 Å². The molecule has 0 saturated heterocycles. The smallest absolute Gasteiger partial charge is 0.232 e. The summed E-state index contributed by atoms with van der Waals surface area (Å²) in [5.41, 5.74) is 2.33. The molecular formula is C18H14N2O. The molecule has 2 aromatic carbocycles. The average Bonchev–Trinajstić information content (AvgIpc) is 2.55. The van der Waals surface area contributed by atoms with E-state index in [1.165, 1.54) is 0 Å². The summed E-state index contributed by atoms with van der Waals surface area (Å²) in [6.07, 6.45) is -0.160. The summed E-state index contributed by atoms with van der Waals surface area (Å²) in [6, 6.07) is 21.6.